The van der Waals surface area contributed by atoms with Crippen molar-refractivity contribution in [3.63, 3.8) is 0 Å². The average molecular weight is 395 g/mol. The molecule has 10 heteroatoms. The van der Waals surface area contributed by atoms with Crippen molar-refractivity contribution in [1.82, 2.24) is 5.32 Å². The fraction of sp³-hybridized carbons (Fsp3) is 0.556. The summed E-state index contributed by atoms with van der Waals surface area (Å²) in [6, 6.07) is 8.46. The van der Waals surface area contributed by atoms with Gasteiger partial charge in [0, 0.05) is 25.1 Å². The number of benzene rings is 1. The molecular formula is C18H25N3O7. The summed E-state index contributed by atoms with van der Waals surface area (Å²) in [6.45, 7) is -0.336. The number of para-hydroxylation sites is 1. The maximum atomic E-state index is 11.7. The lowest BCUT2D eigenvalue weighted by atomic mass is 10.0. The summed E-state index contributed by atoms with van der Waals surface area (Å²) in [6.07, 6.45) is -0.450. The summed E-state index contributed by atoms with van der Waals surface area (Å²) < 4.78 is 16.0. The maximum absolute atomic E-state index is 11.7. The molecule has 3 atom stereocenters. The Morgan fingerprint density at radius 2 is 1.93 bits per heavy atom. The van der Waals surface area contributed by atoms with Crippen LogP contribution in [0.15, 0.2) is 35.5 Å². The summed E-state index contributed by atoms with van der Waals surface area (Å²) in [4.78, 5) is 34.1. The van der Waals surface area contributed by atoms with Gasteiger partial charge in [0.1, 0.15) is 13.2 Å². The van der Waals surface area contributed by atoms with Gasteiger partial charge in [-0.05, 0) is 12.1 Å². The summed E-state index contributed by atoms with van der Waals surface area (Å²) >= 11 is 0. The molecule has 0 aliphatic carbocycles. The smallest absolute Gasteiger partial charge is 0.250 e. The average Bonchev–Trinajstić information content (AvgIpc) is 2.71. The van der Waals surface area contributed by atoms with Crippen molar-refractivity contribution in [1.29, 1.82) is 0 Å². The monoisotopic (exact) mass is 395 g/mol. The number of amides is 2. The van der Waals surface area contributed by atoms with Gasteiger partial charge in [-0.25, -0.2) is 0 Å². The van der Waals surface area contributed by atoms with Gasteiger partial charge in [0.05, 0.1) is 25.4 Å². The molecule has 1 heterocycles. The highest BCUT2D eigenvalue weighted by Gasteiger charge is 2.30. The van der Waals surface area contributed by atoms with Gasteiger partial charge < -0.3 is 30.0 Å². The number of aliphatic hydroxyl groups is 1. The Kier molecular flexibility index (Phi) is 9.49. The molecule has 1 aromatic rings. The highest BCUT2D eigenvalue weighted by molar-refractivity contribution is 5.91. The van der Waals surface area contributed by atoms with E-state index in [2.05, 4.69) is 15.8 Å². The highest BCUT2D eigenvalue weighted by atomic mass is 16.7. The minimum Gasteiger partial charge on any atom is -0.394 e. The molecule has 1 aliphatic heterocycles. The van der Waals surface area contributed by atoms with E-state index in [1.54, 1.807) is 24.3 Å². The molecule has 0 radical (unpaired) electrons. The molecule has 1 fully saturated rings. The van der Waals surface area contributed by atoms with E-state index in [1.165, 1.54) is 0 Å². The Bertz CT molecular complexity index is 629. The van der Waals surface area contributed by atoms with Crippen LogP contribution in [0.2, 0.25) is 0 Å². The normalized spacial score (nSPS) is 21.7. The Morgan fingerprint density at radius 3 is 2.64 bits per heavy atom. The van der Waals surface area contributed by atoms with Crippen LogP contribution >= 0.6 is 0 Å². The first-order chi connectivity index (χ1) is 13.6. The highest BCUT2D eigenvalue weighted by Crippen LogP contribution is 2.22. The Hall–Kier alpha value is -2.40. The number of carbonyl (C=O) groups is 2. The maximum Gasteiger partial charge on any atom is 0.250 e. The van der Waals surface area contributed by atoms with Crippen molar-refractivity contribution in [2.45, 2.75) is 31.3 Å². The minimum atomic E-state index is -0.650. The number of aliphatic hydroxyl groups excluding tert-OH is 1. The summed E-state index contributed by atoms with van der Waals surface area (Å²) in [5.74, 6) is -0.741. The molecule has 28 heavy (non-hydrogen) atoms. The van der Waals surface area contributed by atoms with Crippen LogP contribution in [0.25, 0.3) is 0 Å². The Labute approximate surface area is 162 Å². The zero-order valence-electron chi connectivity index (χ0n) is 15.4. The van der Waals surface area contributed by atoms with Gasteiger partial charge in [-0.1, -0.05) is 23.4 Å². The van der Waals surface area contributed by atoms with Gasteiger partial charge >= 0.3 is 0 Å². The summed E-state index contributed by atoms with van der Waals surface area (Å²) in [7, 11) is 0. The van der Waals surface area contributed by atoms with Crippen LogP contribution in [0.3, 0.4) is 0 Å². The van der Waals surface area contributed by atoms with Gasteiger partial charge in [0.2, 0.25) is 11.8 Å². The second kappa shape index (κ2) is 12.1. The fourth-order valence-corrected chi connectivity index (χ4v) is 2.65. The lowest BCUT2D eigenvalue weighted by Gasteiger charge is -2.31. The second-order valence-electron chi connectivity index (χ2n) is 6.23. The topological polar surface area (TPSA) is 136 Å². The molecule has 2 rings (SSSR count). The lowest BCUT2D eigenvalue weighted by Crippen LogP contribution is -2.39. The molecule has 154 valence electrons. The van der Waals surface area contributed by atoms with Crippen molar-refractivity contribution in [3.05, 3.63) is 35.2 Å². The van der Waals surface area contributed by atoms with E-state index in [0.717, 1.165) is 0 Å². The third kappa shape index (κ3) is 8.09. The zero-order valence-corrected chi connectivity index (χ0v) is 15.4. The Morgan fingerprint density at radius 1 is 1.18 bits per heavy atom. The number of rotatable bonds is 11. The Balaban J connectivity index is 1.54. The number of nitrogens with zero attached hydrogens (tertiary/aromatic N) is 1. The molecule has 3 unspecified atom stereocenters. The number of carbonyl (C=O) groups excluding carboxylic acids is 2. The van der Waals surface area contributed by atoms with Crippen LogP contribution in [0.1, 0.15) is 12.8 Å². The SMILES string of the molecule is O=NC1CC(CO)OC(OCCNC(=O)COCC(=O)Nc2ccccc2)C1. The first-order valence-electron chi connectivity index (χ1n) is 9.00. The molecule has 0 spiro atoms. The first-order valence-corrected chi connectivity index (χ1v) is 9.00. The molecule has 0 saturated carbocycles. The molecule has 1 aliphatic rings. The summed E-state index contributed by atoms with van der Waals surface area (Å²) in [5, 5.41) is 17.4. The van der Waals surface area contributed by atoms with Crippen LogP contribution in [0.5, 0.6) is 0 Å². The molecular weight excluding hydrogens is 370 g/mol. The first kappa shape index (κ1) is 21.9. The van der Waals surface area contributed by atoms with E-state index in [0.29, 0.717) is 18.5 Å². The van der Waals surface area contributed by atoms with E-state index in [9.17, 15) is 14.5 Å². The standard InChI is InChI=1S/C18H25N3O7/c22-10-15-8-14(21-25)9-18(28-15)27-7-6-19-16(23)11-26-12-17(24)20-13-4-2-1-3-5-13/h1-5,14-15,18,22H,6-12H2,(H,19,23)(H,20,24). The largest absolute Gasteiger partial charge is 0.394 e. The number of anilines is 1. The zero-order chi connectivity index (χ0) is 20.2. The van der Waals surface area contributed by atoms with E-state index in [1.807, 2.05) is 6.07 Å². The molecule has 1 saturated heterocycles. The van der Waals surface area contributed by atoms with Crippen molar-refractivity contribution >= 4 is 17.5 Å². The molecule has 10 nitrogen and oxygen atoms in total. The van der Waals surface area contributed by atoms with Crippen molar-refractivity contribution < 1.29 is 28.9 Å². The second-order valence-corrected chi connectivity index (χ2v) is 6.23. The lowest BCUT2D eigenvalue weighted by molar-refractivity contribution is -0.203. The van der Waals surface area contributed by atoms with Crippen molar-refractivity contribution in [2.75, 3.05) is 38.3 Å². The van der Waals surface area contributed by atoms with Gasteiger partial charge in [0.15, 0.2) is 6.29 Å². The van der Waals surface area contributed by atoms with Gasteiger partial charge in [-0.15, -0.1) is 0 Å². The van der Waals surface area contributed by atoms with Gasteiger partial charge in [-0.2, -0.15) is 4.91 Å². The number of hydrogen-bond acceptors (Lipinski definition) is 8. The van der Waals surface area contributed by atoms with E-state index < -0.39 is 18.4 Å². The molecule has 2 amide bonds. The predicted molar refractivity (Wildman–Crippen MR) is 99.4 cm³/mol. The van der Waals surface area contributed by atoms with Crippen LogP contribution in [0, 0.1) is 4.91 Å². The molecule has 0 aromatic heterocycles. The number of nitroso groups, excluding NO2 is 1. The van der Waals surface area contributed by atoms with Crippen molar-refractivity contribution in [2.24, 2.45) is 5.18 Å². The predicted octanol–water partition coefficient (Wildman–Crippen LogP) is 0.407. The van der Waals surface area contributed by atoms with Crippen LogP contribution < -0.4 is 10.6 Å². The fourth-order valence-electron chi connectivity index (χ4n) is 2.65. The van der Waals surface area contributed by atoms with E-state index >= 15 is 0 Å². The quantitative estimate of drug-likeness (QED) is 0.365. The van der Waals surface area contributed by atoms with Gasteiger partial charge in [-0.3, -0.25) is 9.59 Å². The minimum absolute atomic E-state index is 0.161. The number of nitrogens with one attached hydrogen (secondary N) is 2. The third-order valence-electron chi connectivity index (χ3n) is 3.95. The van der Waals surface area contributed by atoms with Gasteiger partial charge in [0.25, 0.3) is 0 Å². The van der Waals surface area contributed by atoms with Crippen LogP contribution in [-0.4, -0.2) is 68.3 Å². The van der Waals surface area contributed by atoms with Crippen LogP contribution in [-0.2, 0) is 23.8 Å². The van der Waals surface area contributed by atoms with Crippen molar-refractivity contribution in [3.8, 4) is 0 Å². The summed E-state index contributed by atoms with van der Waals surface area (Å²) in [5.41, 5.74) is 0.651. The number of ether oxygens (including phenoxy) is 3. The molecule has 0 bridgehead atoms. The van der Waals surface area contributed by atoms with E-state index in [4.69, 9.17) is 19.3 Å². The number of hydrogen-bond donors (Lipinski definition) is 3. The molecule has 1 aromatic carbocycles. The van der Waals surface area contributed by atoms with E-state index in [-0.39, 0.29) is 44.8 Å². The third-order valence-corrected chi connectivity index (χ3v) is 3.95. The molecule has 3 N–H and O–H groups in total. The van der Waals surface area contributed by atoms with Crippen LogP contribution in [0.4, 0.5) is 5.69 Å².